The van der Waals surface area contributed by atoms with Crippen LogP contribution in [0.15, 0.2) is 24.3 Å². The largest absolute Gasteiger partial charge is 0.299 e. The molecule has 1 aliphatic rings. The Kier molecular flexibility index (Phi) is 4.07. The van der Waals surface area contributed by atoms with Gasteiger partial charge in [0.1, 0.15) is 0 Å². The van der Waals surface area contributed by atoms with E-state index in [0.29, 0.717) is 6.54 Å². The second kappa shape index (κ2) is 5.43. The van der Waals surface area contributed by atoms with E-state index in [1.54, 1.807) is 0 Å². The summed E-state index contributed by atoms with van der Waals surface area (Å²) in [6.45, 7) is 9.94. The molecular weight excluding hydrogens is 236 g/mol. The monoisotopic (exact) mass is 260 g/mol. The zero-order valence-corrected chi connectivity index (χ0v) is 12.4. The molecule has 3 nitrogen and oxygen atoms in total. The number of nitrogens with zero attached hydrogens (tertiary/aromatic N) is 2. The van der Waals surface area contributed by atoms with E-state index in [1.165, 1.54) is 0 Å². The highest BCUT2D eigenvalue weighted by Gasteiger charge is 2.31. The smallest absolute Gasteiger partial charge is 0.177 e. The molecule has 0 bridgehead atoms. The number of aryl methyl sites for hydroxylation is 1. The fourth-order valence-corrected chi connectivity index (χ4v) is 2.65. The molecular formula is C16H24N2O. The molecule has 1 saturated heterocycles. The number of hydrogen-bond acceptors (Lipinski definition) is 3. The molecule has 1 aromatic rings. The summed E-state index contributed by atoms with van der Waals surface area (Å²) in [5, 5.41) is 0. The number of benzene rings is 1. The van der Waals surface area contributed by atoms with E-state index in [0.717, 1.165) is 30.8 Å². The van der Waals surface area contributed by atoms with Gasteiger partial charge in [-0.2, -0.15) is 0 Å². The molecule has 1 fully saturated rings. The topological polar surface area (TPSA) is 23.6 Å². The van der Waals surface area contributed by atoms with Crippen LogP contribution in [0.2, 0.25) is 0 Å². The van der Waals surface area contributed by atoms with Crippen LogP contribution in [-0.2, 0) is 0 Å². The van der Waals surface area contributed by atoms with E-state index in [9.17, 15) is 4.79 Å². The molecule has 0 spiro atoms. The van der Waals surface area contributed by atoms with Gasteiger partial charge in [0.15, 0.2) is 5.78 Å². The minimum atomic E-state index is 0.143. The predicted molar refractivity (Wildman–Crippen MR) is 78.7 cm³/mol. The van der Waals surface area contributed by atoms with Crippen molar-refractivity contribution >= 4 is 5.78 Å². The van der Waals surface area contributed by atoms with Gasteiger partial charge in [0.2, 0.25) is 0 Å². The van der Waals surface area contributed by atoms with E-state index >= 15 is 0 Å². The van der Waals surface area contributed by atoms with Crippen LogP contribution in [0.4, 0.5) is 0 Å². The maximum absolute atomic E-state index is 12.4. The lowest BCUT2D eigenvalue weighted by Gasteiger charge is -2.45. The molecule has 0 atom stereocenters. The zero-order chi connectivity index (χ0) is 14.0. The summed E-state index contributed by atoms with van der Waals surface area (Å²) in [4.78, 5) is 17.0. The normalized spacial score (nSPS) is 20.4. The standard InChI is InChI=1S/C16H24N2O/c1-13-7-5-6-8-14(13)15(19)11-18-10-9-17(4)16(2,3)12-18/h5-8H,9-12H2,1-4H3. The van der Waals surface area contributed by atoms with Crippen LogP contribution in [0.1, 0.15) is 29.8 Å². The van der Waals surface area contributed by atoms with Gasteiger partial charge in [-0.15, -0.1) is 0 Å². The maximum atomic E-state index is 12.4. The van der Waals surface area contributed by atoms with Gasteiger partial charge in [0, 0.05) is 30.7 Å². The molecule has 19 heavy (non-hydrogen) atoms. The van der Waals surface area contributed by atoms with Crippen molar-refractivity contribution in [3.8, 4) is 0 Å². The van der Waals surface area contributed by atoms with E-state index in [-0.39, 0.29) is 11.3 Å². The quantitative estimate of drug-likeness (QED) is 0.779. The summed E-state index contributed by atoms with van der Waals surface area (Å²) in [6, 6.07) is 7.85. The molecule has 3 heteroatoms. The lowest BCUT2D eigenvalue weighted by Crippen LogP contribution is -2.58. The third-order valence-corrected chi connectivity index (χ3v) is 4.21. The van der Waals surface area contributed by atoms with Gasteiger partial charge in [-0.05, 0) is 33.4 Å². The number of rotatable bonds is 3. The molecule has 2 rings (SSSR count). The Morgan fingerprint density at radius 1 is 1.26 bits per heavy atom. The Morgan fingerprint density at radius 2 is 1.95 bits per heavy atom. The number of Topliss-reactive ketones (excluding diaryl/α,β-unsaturated/α-hetero) is 1. The Bertz CT molecular complexity index is 468. The SMILES string of the molecule is Cc1ccccc1C(=O)CN1CCN(C)C(C)(C)C1. The van der Waals surface area contributed by atoms with Crippen molar-refractivity contribution in [2.45, 2.75) is 26.3 Å². The van der Waals surface area contributed by atoms with Crippen molar-refractivity contribution < 1.29 is 4.79 Å². The highest BCUT2D eigenvalue weighted by Crippen LogP contribution is 2.19. The van der Waals surface area contributed by atoms with Crippen molar-refractivity contribution in [1.82, 2.24) is 9.80 Å². The first-order valence-electron chi connectivity index (χ1n) is 6.92. The summed E-state index contributed by atoms with van der Waals surface area (Å²) in [5.41, 5.74) is 2.07. The van der Waals surface area contributed by atoms with E-state index in [1.807, 2.05) is 31.2 Å². The molecule has 1 heterocycles. The third-order valence-electron chi connectivity index (χ3n) is 4.21. The minimum absolute atomic E-state index is 0.143. The summed E-state index contributed by atoms with van der Waals surface area (Å²) >= 11 is 0. The summed E-state index contributed by atoms with van der Waals surface area (Å²) < 4.78 is 0. The van der Waals surface area contributed by atoms with Crippen molar-refractivity contribution in [3.05, 3.63) is 35.4 Å². The van der Waals surface area contributed by atoms with Gasteiger partial charge in [0.05, 0.1) is 6.54 Å². The van der Waals surface area contributed by atoms with Gasteiger partial charge in [0.25, 0.3) is 0 Å². The Hall–Kier alpha value is -1.19. The molecule has 0 amide bonds. The first kappa shape index (κ1) is 14.2. The molecule has 0 saturated carbocycles. The van der Waals surface area contributed by atoms with Crippen LogP contribution < -0.4 is 0 Å². The first-order valence-corrected chi connectivity index (χ1v) is 6.92. The van der Waals surface area contributed by atoms with Crippen LogP contribution in [0.25, 0.3) is 0 Å². The average Bonchev–Trinajstić information content (AvgIpc) is 2.34. The Labute approximate surface area is 116 Å². The van der Waals surface area contributed by atoms with E-state index in [4.69, 9.17) is 0 Å². The number of ketones is 1. The van der Waals surface area contributed by atoms with Gasteiger partial charge in [-0.25, -0.2) is 0 Å². The lowest BCUT2D eigenvalue weighted by atomic mass is 9.98. The minimum Gasteiger partial charge on any atom is -0.299 e. The summed E-state index contributed by atoms with van der Waals surface area (Å²) in [5.74, 6) is 0.235. The zero-order valence-electron chi connectivity index (χ0n) is 12.4. The Balaban J connectivity index is 2.03. The van der Waals surface area contributed by atoms with Crippen LogP contribution in [0.3, 0.4) is 0 Å². The highest BCUT2D eigenvalue weighted by atomic mass is 16.1. The van der Waals surface area contributed by atoms with Crippen LogP contribution in [0, 0.1) is 6.92 Å². The van der Waals surface area contributed by atoms with Crippen molar-refractivity contribution in [2.24, 2.45) is 0 Å². The van der Waals surface area contributed by atoms with Gasteiger partial charge < -0.3 is 0 Å². The Morgan fingerprint density at radius 3 is 2.58 bits per heavy atom. The van der Waals surface area contributed by atoms with Gasteiger partial charge in [-0.3, -0.25) is 14.6 Å². The fourth-order valence-electron chi connectivity index (χ4n) is 2.65. The van der Waals surface area contributed by atoms with Gasteiger partial charge in [-0.1, -0.05) is 24.3 Å². The molecule has 0 aliphatic carbocycles. The van der Waals surface area contributed by atoms with E-state index < -0.39 is 0 Å². The predicted octanol–water partition coefficient (Wildman–Crippen LogP) is 2.20. The molecule has 0 unspecified atom stereocenters. The number of piperazine rings is 1. The molecule has 1 aromatic carbocycles. The number of carbonyl (C=O) groups excluding carboxylic acids is 1. The molecule has 0 aromatic heterocycles. The number of likely N-dealkylation sites (N-methyl/N-ethyl adjacent to an activating group) is 1. The van der Waals surface area contributed by atoms with Crippen LogP contribution in [-0.4, -0.2) is 54.3 Å². The maximum Gasteiger partial charge on any atom is 0.177 e. The molecule has 104 valence electrons. The summed E-state index contributed by atoms with van der Waals surface area (Å²) in [7, 11) is 2.15. The number of carbonyl (C=O) groups is 1. The third kappa shape index (κ3) is 3.23. The molecule has 0 N–H and O–H groups in total. The molecule has 1 aliphatic heterocycles. The summed E-state index contributed by atoms with van der Waals surface area (Å²) in [6.07, 6.45) is 0. The number of hydrogen-bond donors (Lipinski definition) is 0. The van der Waals surface area contributed by atoms with Crippen LogP contribution >= 0.6 is 0 Å². The second-order valence-corrected chi connectivity index (χ2v) is 6.18. The van der Waals surface area contributed by atoms with Crippen molar-refractivity contribution in [3.63, 3.8) is 0 Å². The fraction of sp³-hybridized carbons (Fsp3) is 0.562. The van der Waals surface area contributed by atoms with Crippen LogP contribution in [0.5, 0.6) is 0 Å². The van der Waals surface area contributed by atoms with Crippen molar-refractivity contribution in [2.75, 3.05) is 33.2 Å². The molecule has 0 radical (unpaired) electrons. The first-order chi connectivity index (χ1) is 8.90. The average molecular weight is 260 g/mol. The van der Waals surface area contributed by atoms with Crippen molar-refractivity contribution in [1.29, 1.82) is 0 Å². The van der Waals surface area contributed by atoms with Gasteiger partial charge >= 0.3 is 0 Å². The lowest BCUT2D eigenvalue weighted by molar-refractivity contribution is 0.0389. The highest BCUT2D eigenvalue weighted by molar-refractivity contribution is 5.98. The second-order valence-electron chi connectivity index (χ2n) is 6.18. The van der Waals surface area contributed by atoms with E-state index in [2.05, 4.69) is 30.7 Å².